The zero-order valence-electron chi connectivity index (χ0n) is 19.1. The number of piperidine rings is 1. The van der Waals surface area contributed by atoms with Gasteiger partial charge in [0.05, 0.1) is 14.0 Å². The van der Waals surface area contributed by atoms with Crippen LogP contribution < -0.4 is 16.0 Å². The number of nitrogens with one attached hydrogen (secondary N) is 4. The molecule has 1 aliphatic carbocycles. The summed E-state index contributed by atoms with van der Waals surface area (Å²) in [6, 6.07) is -1.48. The zero-order valence-corrected chi connectivity index (χ0v) is 18.1. The quantitative estimate of drug-likeness (QED) is 0.323. The molecule has 2 aliphatic heterocycles. The SMILES string of the molecule is [2H][C@@]1(C(=O)OCCCNC(=O)[C@@H]2CCCN2)C[C@H]2C[C@@H](CCc3nn[nH]n3)CC[C@H]2CN1. The van der Waals surface area contributed by atoms with Gasteiger partial charge in [-0.2, -0.15) is 5.21 Å². The van der Waals surface area contributed by atoms with Gasteiger partial charge in [0, 0.05) is 13.0 Å². The molecule has 2 saturated heterocycles. The molecule has 1 aromatic heterocycles. The van der Waals surface area contributed by atoms with Crippen LogP contribution in [0.1, 0.15) is 58.6 Å². The van der Waals surface area contributed by atoms with E-state index in [9.17, 15) is 9.59 Å². The van der Waals surface area contributed by atoms with Crippen LogP contribution in [0, 0.1) is 17.8 Å². The van der Waals surface area contributed by atoms with Gasteiger partial charge in [-0.3, -0.25) is 9.59 Å². The summed E-state index contributed by atoms with van der Waals surface area (Å²) in [7, 11) is 0. The third kappa shape index (κ3) is 6.22. The number of tetrazole rings is 1. The number of amides is 1. The summed E-state index contributed by atoms with van der Waals surface area (Å²) in [6.45, 7) is 2.25. The molecule has 5 atom stereocenters. The van der Waals surface area contributed by atoms with Crippen LogP contribution in [0.3, 0.4) is 0 Å². The molecule has 4 N–H and O–H groups in total. The predicted molar refractivity (Wildman–Crippen MR) is 113 cm³/mol. The third-order valence-corrected chi connectivity index (χ3v) is 6.93. The van der Waals surface area contributed by atoms with Crippen LogP contribution in [0.2, 0.25) is 0 Å². The van der Waals surface area contributed by atoms with Gasteiger partial charge >= 0.3 is 5.97 Å². The minimum absolute atomic E-state index is 0.0111. The van der Waals surface area contributed by atoms with Crippen molar-refractivity contribution >= 4 is 11.9 Å². The Labute approximate surface area is 184 Å². The number of hydrogen-bond acceptors (Lipinski definition) is 8. The zero-order chi connectivity index (χ0) is 22.4. The predicted octanol–water partition coefficient (Wildman–Crippen LogP) is 0.328. The molecule has 1 aromatic rings. The molecule has 10 heteroatoms. The number of carbonyl (C=O) groups excluding carboxylic acids is 2. The Balaban J connectivity index is 1.17. The van der Waals surface area contributed by atoms with Gasteiger partial charge in [0.1, 0.15) is 6.02 Å². The minimum atomic E-state index is -1.38. The van der Waals surface area contributed by atoms with Gasteiger partial charge in [0.15, 0.2) is 5.82 Å². The smallest absolute Gasteiger partial charge is 0.323 e. The molecule has 0 spiro atoms. The van der Waals surface area contributed by atoms with E-state index in [0.29, 0.717) is 43.7 Å². The molecule has 4 rings (SSSR count). The fourth-order valence-corrected chi connectivity index (χ4v) is 5.14. The molecule has 0 unspecified atom stereocenters. The first kappa shape index (κ1) is 20.8. The van der Waals surface area contributed by atoms with Crippen LogP contribution in [-0.2, 0) is 20.7 Å². The van der Waals surface area contributed by atoms with E-state index in [0.717, 1.165) is 57.3 Å². The van der Waals surface area contributed by atoms with Crippen molar-refractivity contribution < 1.29 is 15.7 Å². The fraction of sp³-hybridized carbons (Fsp3) is 0.857. The highest BCUT2D eigenvalue weighted by atomic mass is 16.5. The van der Waals surface area contributed by atoms with Crippen molar-refractivity contribution in [3.63, 3.8) is 0 Å². The van der Waals surface area contributed by atoms with Crippen molar-refractivity contribution in [3.05, 3.63) is 5.82 Å². The average Bonchev–Trinajstić information content (AvgIpc) is 3.51. The summed E-state index contributed by atoms with van der Waals surface area (Å²) in [5.74, 6) is 1.67. The summed E-state index contributed by atoms with van der Waals surface area (Å²) in [5, 5.41) is 23.3. The second-order valence-electron chi connectivity index (χ2n) is 9.06. The highest BCUT2D eigenvalue weighted by Crippen LogP contribution is 2.40. The van der Waals surface area contributed by atoms with Gasteiger partial charge < -0.3 is 20.7 Å². The summed E-state index contributed by atoms with van der Waals surface area (Å²) in [4.78, 5) is 24.6. The van der Waals surface area contributed by atoms with Crippen LogP contribution in [0.5, 0.6) is 0 Å². The Bertz CT molecular complexity index is 759. The molecular formula is C21H35N7O3. The van der Waals surface area contributed by atoms with Crippen molar-refractivity contribution in [2.45, 2.75) is 69.8 Å². The highest BCUT2D eigenvalue weighted by molar-refractivity contribution is 5.82. The monoisotopic (exact) mass is 434 g/mol. The Morgan fingerprint density at radius 2 is 2.13 bits per heavy atom. The van der Waals surface area contributed by atoms with Gasteiger partial charge in [-0.1, -0.05) is 11.6 Å². The molecule has 3 heterocycles. The molecule has 10 nitrogen and oxygen atoms in total. The maximum Gasteiger partial charge on any atom is 0.323 e. The second-order valence-corrected chi connectivity index (χ2v) is 9.06. The number of aryl methyl sites for hydroxylation is 1. The van der Waals surface area contributed by atoms with E-state index in [1.807, 2.05) is 0 Å². The van der Waals surface area contributed by atoms with E-state index in [1.165, 1.54) is 0 Å². The summed E-state index contributed by atoms with van der Waals surface area (Å²) in [5.41, 5.74) is 0. The minimum Gasteiger partial charge on any atom is -0.464 e. The van der Waals surface area contributed by atoms with Gasteiger partial charge in [-0.15, -0.1) is 10.2 Å². The van der Waals surface area contributed by atoms with E-state index in [-0.39, 0.29) is 18.6 Å². The van der Waals surface area contributed by atoms with E-state index in [1.54, 1.807) is 0 Å². The van der Waals surface area contributed by atoms with Crippen molar-refractivity contribution in [3.8, 4) is 0 Å². The Hall–Kier alpha value is -2.07. The van der Waals surface area contributed by atoms with E-state index in [4.69, 9.17) is 6.11 Å². The Morgan fingerprint density at radius 3 is 2.94 bits per heavy atom. The van der Waals surface area contributed by atoms with Crippen molar-refractivity contribution in [2.75, 3.05) is 26.2 Å². The van der Waals surface area contributed by atoms with Crippen LogP contribution in [-0.4, -0.2) is 70.8 Å². The number of nitrogens with zero attached hydrogens (tertiary/aromatic N) is 3. The lowest BCUT2D eigenvalue weighted by Gasteiger charge is -2.42. The standard InChI is InChI=1S/C21H35N7O3/c29-20(17-3-1-8-22-17)23-9-2-10-31-21(30)18-12-16-11-14(4-6-15(16)13-24-18)5-7-19-25-27-28-26-19/h14-18,22,24H,1-13H2,(H,23,29)(H,25,26,27,28)/t14-,15+,16-,17+,18+/m1/s1/i18D. The molecule has 0 bridgehead atoms. The fourth-order valence-electron chi connectivity index (χ4n) is 5.14. The van der Waals surface area contributed by atoms with Crippen LogP contribution in [0.25, 0.3) is 0 Å². The lowest BCUT2D eigenvalue weighted by atomic mass is 9.69. The normalized spacial score (nSPS) is 33.4. The van der Waals surface area contributed by atoms with Crippen molar-refractivity contribution in [1.29, 1.82) is 0 Å². The first-order valence-corrected chi connectivity index (χ1v) is 11.7. The largest absolute Gasteiger partial charge is 0.464 e. The highest BCUT2D eigenvalue weighted by Gasteiger charge is 2.38. The molecule has 3 fully saturated rings. The van der Waals surface area contributed by atoms with E-state index < -0.39 is 12.0 Å². The van der Waals surface area contributed by atoms with Gasteiger partial charge in [0.25, 0.3) is 0 Å². The number of fused-ring (bicyclic) bond motifs is 1. The number of rotatable bonds is 9. The lowest BCUT2D eigenvalue weighted by molar-refractivity contribution is -0.148. The van der Waals surface area contributed by atoms with Crippen LogP contribution in [0.4, 0.5) is 0 Å². The maximum atomic E-state index is 12.7. The maximum absolute atomic E-state index is 12.7. The van der Waals surface area contributed by atoms with Gasteiger partial charge in [-0.25, -0.2) is 0 Å². The molecule has 31 heavy (non-hydrogen) atoms. The van der Waals surface area contributed by atoms with Gasteiger partial charge in [0.2, 0.25) is 5.91 Å². The number of aromatic nitrogens is 4. The van der Waals surface area contributed by atoms with E-state index >= 15 is 0 Å². The van der Waals surface area contributed by atoms with Crippen molar-refractivity contribution in [1.82, 2.24) is 36.6 Å². The Kier molecular flexibility index (Phi) is 7.38. The van der Waals surface area contributed by atoms with E-state index in [2.05, 4.69) is 36.6 Å². The number of esters is 1. The summed E-state index contributed by atoms with van der Waals surface area (Å²) >= 11 is 0. The lowest BCUT2D eigenvalue weighted by Crippen LogP contribution is -2.50. The molecule has 1 saturated carbocycles. The third-order valence-electron chi connectivity index (χ3n) is 6.93. The molecule has 3 aliphatic rings. The Morgan fingerprint density at radius 1 is 1.19 bits per heavy atom. The first-order chi connectivity index (χ1) is 15.5. The molecule has 0 radical (unpaired) electrons. The number of hydrogen-bond donors (Lipinski definition) is 4. The topological polar surface area (TPSA) is 134 Å². The van der Waals surface area contributed by atoms with Crippen LogP contribution >= 0.6 is 0 Å². The molecular weight excluding hydrogens is 398 g/mol. The van der Waals surface area contributed by atoms with Crippen molar-refractivity contribution in [2.24, 2.45) is 17.8 Å². The summed E-state index contributed by atoms with van der Waals surface area (Å²) < 4.78 is 14.1. The van der Waals surface area contributed by atoms with Crippen LogP contribution in [0.15, 0.2) is 0 Å². The average molecular weight is 435 g/mol. The number of aromatic amines is 1. The first-order valence-electron chi connectivity index (χ1n) is 12.2. The molecule has 0 aromatic carbocycles. The number of ether oxygens (including phenoxy) is 1. The molecule has 172 valence electrons. The van der Waals surface area contributed by atoms with Gasteiger partial charge in [-0.05, 0) is 75.8 Å². The number of H-pyrrole nitrogens is 1. The second kappa shape index (κ2) is 11.0. The molecule has 1 amide bonds. The summed E-state index contributed by atoms with van der Waals surface area (Å²) in [6.07, 6.45) is 8.05. The number of carbonyl (C=O) groups is 2.